The van der Waals surface area contributed by atoms with Crippen LogP contribution in [0, 0.1) is 0 Å². The Bertz CT molecular complexity index is 146. The molecule has 2 heteroatoms. The highest BCUT2D eigenvalue weighted by atomic mass is 16.1. The van der Waals surface area contributed by atoms with Gasteiger partial charge in [-0.3, -0.25) is 4.79 Å². The van der Waals surface area contributed by atoms with Crippen LogP contribution in [0.3, 0.4) is 0 Å². The van der Waals surface area contributed by atoms with Gasteiger partial charge in [0.1, 0.15) is 0 Å². The van der Waals surface area contributed by atoms with Crippen LogP contribution in [0.1, 0.15) is 26.7 Å². The Hall–Kier alpha value is -0.630. The highest BCUT2D eigenvalue weighted by molar-refractivity contribution is 5.90. The summed E-state index contributed by atoms with van der Waals surface area (Å²) >= 11 is 0. The molecule has 0 bridgehead atoms. The summed E-state index contributed by atoms with van der Waals surface area (Å²) < 4.78 is 0. The van der Waals surface area contributed by atoms with Gasteiger partial charge in [-0.15, -0.1) is 0 Å². The van der Waals surface area contributed by atoms with E-state index in [2.05, 4.69) is 5.32 Å². The monoisotopic (exact) mass is 155 g/mol. The Morgan fingerprint density at radius 2 is 2.09 bits per heavy atom. The molecule has 64 valence electrons. The van der Waals surface area contributed by atoms with Crippen molar-refractivity contribution in [3.8, 4) is 0 Å². The summed E-state index contributed by atoms with van der Waals surface area (Å²) in [7, 11) is 1.89. The van der Waals surface area contributed by atoms with Gasteiger partial charge in [-0.25, -0.2) is 0 Å². The van der Waals surface area contributed by atoms with Crippen LogP contribution in [0.25, 0.3) is 0 Å². The summed E-state index contributed by atoms with van der Waals surface area (Å²) in [6, 6.07) is 0. The molecule has 0 atom stereocenters. The molecule has 0 aromatic rings. The van der Waals surface area contributed by atoms with Gasteiger partial charge in [0, 0.05) is 6.42 Å². The third-order valence-corrected chi connectivity index (χ3v) is 1.30. The molecular formula is C9H17NO. The van der Waals surface area contributed by atoms with Crippen LogP contribution in [0.2, 0.25) is 0 Å². The van der Waals surface area contributed by atoms with Gasteiger partial charge < -0.3 is 5.32 Å². The van der Waals surface area contributed by atoms with E-state index in [-0.39, 0.29) is 5.78 Å². The normalized spacial score (nSPS) is 9.36. The van der Waals surface area contributed by atoms with E-state index in [0.717, 1.165) is 18.5 Å². The predicted octanol–water partition coefficient (Wildman–Crippen LogP) is 1.52. The molecule has 0 aliphatic heterocycles. The van der Waals surface area contributed by atoms with E-state index in [4.69, 9.17) is 0 Å². The number of hydrogen-bond donors (Lipinski definition) is 1. The number of rotatable bonds is 5. The van der Waals surface area contributed by atoms with Gasteiger partial charge >= 0.3 is 0 Å². The van der Waals surface area contributed by atoms with Crippen molar-refractivity contribution in [1.82, 2.24) is 5.32 Å². The molecule has 0 amide bonds. The van der Waals surface area contributed by atoms with Crippen molar-refractivity contribution in [2.24, 2.45) is 0 Å². The summed E-state index contributed by atoms with van der Waals surface area (Å²) in [6.45, 7) is 4.80. The van der Waals surface area contributed by atoms with Crippen LogP contribution in [0.5, 0.6) is 0 Å². The molecule has 0 spiro atoms. The lowest BCUT2D eigenvalue weighted by molar-refractivity contribution is -0.114. The molecule has 1 N–H and O–H groups in total. The lowest BCUT2D eigenvalue weighted by Gasteiger charge is -1.95. The zero-order valence-corrected chi connectivity index (χ0v) is 7.61. The van der Waals surface area contributed by atoms with Crippen LogP contribution < -0.4 is 5.32 Å². The summed E-state index contributed by atoms with van der Waals surface area (Å²) in [5.41, 5.74) is 1.08. The standard InChI is InChI=1S/C9H17NO/c1-8(2)7-9(11)5-4-6-10-3/h7,10H,4-6H2,1-3H3. The smallest absolute Gasteiger partial charge is 0.155 e. The zero-order chi connectivity index (χ0) is 8.69. The second-order valence-electron chi connectivity index (χ2n) is 2.90. The summed E-state index contributed by atoms with van der Waals surface area (Å²) in [5.74, 6) is 0.236. The van der Waals surface area contributed by atoms with Crippen LogP contribution >= 0.6 is 0 Å². The van der Waals surface area contributed by atoms with Gasteiger partial charge in [0.25, 0.3) is 0 Å². The molecule has 11 heavy (non-hydrogen) atoms. The van der Waals surface area contributed by atoms with Crippen molar-refractivity contribution >= 4 is 5.78 Å². The molecule has 2 nitrogen and oxygen atoms in total. The van der Waals surface area contributed by atoms with Gasteiger partial charge in [-0.05, 0) is 39.9 Å². The largest absolute Gasteiger partial charge is 0.320 e. The number of carbonyl (C=O) groups is 1. The molecule has 0 heterocycles. The number of nitrogens with one attached hydrogen (secondary N) is 1. The lowest BCUT2D eigenvalue weighted by atomic mass is 10.2. The molecule has 0 aromatic heterocycles. The van der Waals surface area contributed by atoms with E-state index < -0.39 is 0 Å². The van der Waals surface area contributed by atoms with Gasteiger partial charge in [0.15, 0.2) is 5.78 Å². The molecule has 0 aliphatic carbocycles. The van der Waals surface area contributed by atoms with E-state index in [9.17, 15) is 4.79 Å². The topological polar surface area (TPSA) is 29.1 Å². The molecular weight excluding hydrogens is 138 g/mol. The van der Waals surface area contributed by atoms with E-state index in [1.54, 1.807) is 6.08 Å². The fourth-order valence-electron chi connectivity index (χ4n) is 0.834. The van der Waals surface area contributed by atoms with Gasteiger partial charge in [-0.2, -0.15) is 0 Å². The summed E-state index contributed by atoms with van der Waals surface area (Å²) in [6.07, 6.45) is 3.29. The average Bonchev–Trinajstić information content (AvgIpc) is 1.86. The van der Waals surface area contributed by atoms with Crippen molar-refractivity contribution in [3.63, 3.8) is 0 Å². The Morgan fingerprint density at radius 1 is 1.45 bits per heavy atom. The fourth-order valence-corrected chi connectivity index (χ4v) is 0.834. The van der Waals surface area contributed by atoms with Crippen molar-refractivity contribution in [2.45, 2.75) is 26.7 Å². The first kappa shape index (κ1) is 10.4. The van der Waals surface area contributed by atoms with Crippen molar-refractivity contribution in [3.05, 3.63) is 11.6 Å². The second kappa shape index (κ2) is 6.10. The Balaban J connectivity index is 3.46. The zero-order valence-electron chi connectivity index (χ0n) is 7.61. The molecule has 0 unspecified atom stereocenters. The number of carbonyl (C=O) groups excluding carboxylic acids is 1. The highest BCUT2D eigenvalue weighted by Crippen LogP contribution is 1.95. The summed E-state index contributed by atoms with van der Waals surface area (Å²) in [4.78, 5) is 11.0. The minimum absolute atomic E-state index is 0.236. The van der Waals surface area contributed by atoms with Crippen LogP contribution in [-0.2, 0) is 4.79 Å². The maximum atomic E-state index is 11.0. The van der Waals surface area contributed by atoms with Gasteiger partial charge in [0.2, 0.25) is 0 Å². The van der Waals surface area contributed by atoms with Crippen molar-refractivity contribution < 1.29 is 4.79 Å². The third-order valence-electron chi connectivity index (χ3n) is 1.30. The third kappa shape index (κ3) is 7.26. The molecule has 0 saturated carbocycles. The highest BCUT2D eigenvalue weighted by Gasteiger charge is 1.95. The first-order chi connectivity index (χ1) is 5.16. The quantitative estimate of drug-likeness (QED) is 0.482. The minimum atomic E-state index is 0.236. The first-order valence-corrected chi connectivity index (χ1v) is 3.99. The lowest BCUT2D eigenvalue weighted by Crippen LogP contribution is -2.09. The van der Waals surface area contributed by atoms with E-state index in [1.165, 1.54) is 0 Å². The molecule has 0 saturated heterocycles. The second-order valence-corrected chi connectivity index (χ2v) is 2.90. The van der Waals surface area contributed by atoms with E-state index in [0.29, 0.717) is 6.42 Å². The molecule has 0 aromatic carbocycles. The van der Waals surface area contributed by atoms with Gasteiger partial charge in [-0.1, -0.05) is 5.57 Å². The van der Waals surface area contributed by atoms with Gasteiger partial charge in [0.05, 0.1) is 0 Å². The van der Waals surface area contributed by atoms with E-state index >= 15 is 0 Å². The SMILES string of the molecule is CNCCCC(=O)C=C(C)C. The number of ketones is 1. The van der Waals surface area contributed by atoms with Crippen LogP contribution in [0.4, 0.5) is 0 Å². The fraction of sp³-hybridized carbons (Fsp3) is 0.667. The Morgan fingerprint density at radius 3 is 2.55 bits per heavy atom. The van der Waals surface area contributed by atoms with Crippen LogP contribution in [-0.4, -0.2) is 19.4 Å². The Labute approximate surface area is 68.7 Å². The summed E-state index contributed by atoms with van der Waals surface area (Å²) in [5, 5.41) is 3.00. The maximum Gasteiger partial charge on any atom is 0.155 e. The average molecular weight is 155 g/mol. The number of allylic oxidation sites excluding steroid dienone is 2. The molecule has 0 radical (unpaired) electrons. The molecule has 0 rings (SSSR count). The van der Waals surface area contributed by atoms with Crippen molar-refractivity contribution in [2.75, 3.05) is 13.6 Å². The Kier molecular flexibility index (Phi) is 5.75. The minimum Gasteiger partial charge on any atom is -0.320 e. The van der Waals surface area contributed by atoms with E-state index in [1.807, 2.05) is 20.9 Å². The maximum absolute atomic E-state index is 11.0. The number of hydrogen-bond acceptors (Lipinski definition) is 2. The van der Waals surface area contributed by atoms with Crippen molar-refractivity contribution in [1.29, 1.82) is 0 Å². The predicted molar refractivity (Wildman–Crippen MR) is 47.6 cm³/mol. The molecule has 0 fully saturated rings. The first-order valence-electron chi connectivity index (χ1n) is 3.99. The molecule has 0 aliphatic rings. The van der Waals surface area contributed by atoms with Crippen LogP contribution in [0.15, 0.2) is 11.6 Å².